The molecule has 2 aliphatic heterocycles. The van der Waals surface area contributed by atoms with Gasteiger partial charge in [0.2, 0.25) is 0 Å². The first kappa shape index (κ1) is 11.4. The van der Waals surface area contributed by atoms with Gasteiger partial charge in [-0.3, -0.25) is 4.90 Å². The third kappa shape index (κ3) is 1.94. The van der Waals surface area contributed by atoms with Gasteiger partial charge in [0.1, 0.15) is 0 Å². The van der Waals surface area contributed by atoms with Crippen molar-refractivity contribution in [3.05, 3.63) is 21.4 Å². The van der Waals surface area contributed by atoms with Crippen LogP contribution in [0.4, 0.5) is 0 Å². The highest BCUT2D eigenvalue weighted by molar-refractivity contribution is 7.12. The molecule has 0 bridgehead atoms. The summed E-state index contributed by atoms with van der Waals surface area (Å²) in [5.74, 6) is 0. The van der Waals surface area contributed by atoms with Crippen LogP contribution in [0.25, 0.3) is 0 Å². The van der Waals surface area contributed by atoms with Crippen LogP contribution in [0.1, 0.15) is 21.4 Å². The molecule has 2 aliphatic rings. The third-order valence-corrected chi connectivity index (χ3v) is 4.48. The molecule has 4 heteroatoms. The Hall–Kier alpha value is -0.0900. The summed E-state index contributed by atoms with van der Waals surface area (Å²) in [4.78, 5) is 5.73. The molecule has 0 spiro atoms. The summed E-state index contributed by atoms with van der Waals surface area (Å²) in [5, 5.41) is 3.50. The van der Waals surface area contributed by atoms with E-state index in [-0.39, 0.29) is 12.4 Å². The summed E-state index contributed by atoms with van der Waals surface area (Å²) in [5.41, 5.74) is 1.61. The molecule has 2 nitrogen and oxygen atoms in total. The maximum atomic E-state index is 3.50. The molecule has 84 valence electrons. The SMILES string of the molecule is Cc1cc2c(s1)C1CNCCN1CC2.Cl. The molecule has 1 aromatic rings. The van der Waals surface area contributed by atoms with E-state index in [0.29, 0.717) is 6.04 Å². The molecule has 15 heavy (non-hydrogen) atoms. The number of hydrogen-bond donors (Lipinski definition) is 1. The van der Waals surface area contributed by atoms with E-state index in [1.54, 1.807) is 10.4 Å². The quantitative estimate of drug-likeness (QED) is 0.751. The third-order valence-electron chi connectivity index (χ3n) is 3.29. The van der Waals surface area contributed by atoms with Gasteiger partial charge in [0, 0.05) is 35.9 Å². The van der Waals surface area contributed by atoms with Crippen LogP contribution in [0.3, 0.4) is 0 Å². The minimum absolute atomic E-state index is 0. The highest BCUT2D eigenvalue weighted by Gasteiger charge is 2.30. The lowest BCUT2D eigenvalue weighted by molar-refractivity contribution is 0.155. The van der Waals surface area contributed by atoms with Crippen LogP contribution < -0.4 is 5.32 Å². The van der Waals surface area contributed by atoms with Crippen LogP contribution in [0.15, 0.2) is 6.07 Å². The van der Waals surface area contributed by atoms with E-state index in [4.69, 9.17) is 0 Å². The van der Waals surface area contributed by atoms with Crippen LogP contribution in [0.5, 0.6) is 0 Å². The minimum atomic E-state index is 0. The Balaban J connectivity index is 0.000000853. The second kappa shape index (κ2) is 4.42. The van der Waals surface area contributed by atoms with Gasteiger partial charge in [-0.1, -0.05) is 0 Å². The predicted molar refractivity (Wildman–Crippen MR) is 67.2 cm³/mol. The largest absolute Gasteiger partial charge is 0.314 e. The van der Waals surface area contributed by atoms with E-state index in [1.807, 2.05) is 11.3 Å². The topological polar surface area (TPSA) is 15.3 Å². The van der Waals surface area contributed by atoms with Crippen molar-refractivity contribution in [2.45, 2.75) is 19.4 Å². The van der Waals surface area contributed by atoms with E-state index in [0.717, 1.165) is 13.1 Å². The van der Waals surface area contributed by atoms with Crippen molar-refractivity contribution in [2.24, 2.45) is 0 Å². The van der Waals surface area contributed by atoms with Crippen molar-refractivity contribution in [3.63, 3.8) is 0 Å². The minimum Gasteiger partial charge on any atom is -0.314 e. The Morgan fingerprint density at radius 3 is 3.20 bits per heavy atom. The van der Waals surface area contributed by atoms with Crippen molar-refractivity contribution in [3.8, 4) is 0 Å². The zero-order valence-electron chi connectivity index (χ0n) is 8.95. The fraction of sp³-hybridized carbons (Fsp3) is 0.636. The number of halogens is 1. The van der Waals surface area contributed by atoms with Gasteiger partial charge in [-0.15, -0.1) is 23.7 Å². The second-order valence-electron chi connectivity index (χ2n) is 4.25. The van der Waals surface area contributed by atoms with Crippen LogP contribution >= 0.6 is 23.7 Å². The molecule has 1 atom stereocenters. The van der Waals surface area contributed by atoms with E-state index in [9.17, 15) is 0 Å². The summed E-state index contributed by atoms with van der Waals surface area (Å²) in [6.45, 7) is 7.02. The Labute approximate surface area is 101 Å². The smallest absolute Gasteiger partial charge is 0.0569 e. The molecule has 3 heterocycles. The van der Waals surface area contributed by atoms with Gasteiger partial charge in [-0.05, 0) is 25.0 Å². The van der Waals surface area contributed by atoms with Crippen LogP contribution in [0.2, 0.25) is 0 Å². The van der Waals surface area contributed by atoms with E-state index in [1.165, 1.54) is 24.4 Å². The molecule has 0 aliphatic carbocycles. The maximum Gasteiger partial charge on any atom is 0.0569 e. The number of aryl methyl sites for hydroxylation is 1. The Bertz CT molecular complexity index is 350. The first-order valence-electron chi connectivity index (χ1n) is 5.38. The number of fused-ring (bicyclic) bond motifs is 3. The van der Waals surface area contributed by atoms with Gasteiger partial charge < -0.3 is 5.32 Å². The number of thiophene rings is 1. The van der Waals surface area contributed by atoms with E-state index in [2.05, 4.69) is 23.2 Å². The molecule has 1 N–H and O–H groups in total. The summed E-state index contributed by atoms with van der Waals surface area (Å²) < 4.78 is 0. The van der Waals surface area contributed by atoms with Crippen LogP contribution in [-0.2, 0) is 6.42 Å². The molecule has 1 unspecified atom stereocenters. The van der Waals surface area contributed by atoms with Crippen molar-refractivity contribution in [1.82, 2.24) is 10.2 Å². The average Bonchev–Trinajstić information content (AvgIpc) is 2.59. The van der Waals surface area contributed by atoms with Crippen LogP contribution in [-0.4, -0.2) is 31.1 Å². The molecule has 0 amide bonds. The molecule has 1 aromatic heterocycles. The lowest BCUT2D eigenvalue weighted by Crippen LogP contribution is -2.48. The van der Waals surface area contributed by atoms with Crippen molar-refractivity contribution >= 4 is 23.7 Å². The van der Waals surface area contributed by atoms with Gasteiger partial charge in [0.25, 0.3) is 0 Å². The monoisotopic (exact) mass is 244 g/mol. The fourth-order valence-corrected chi connectivity index (χ4v) is 3.81. The second-order valence-corrected chi connectivity index (χ2v) is 5.54. The Kier molecular flexibility index (Phi) is 3.36. The van der Waals surface area contributed by atoms with Crippen LogP contribution in [0, 0.1) is 6.92 Å². The fourth-order valence-electron chi connectivity index (χ4n) is 2.60. The number of nitrogens with one attached hydrogen (secondary N) is 1. The number of piperazine rings is 1. The number of hydrogen-bond acceptors (Lipinski definition) is 3. The Morgan fingerprint density at radius 1 is 1.47 bits per heavy atom. The first-order chi connectivity index (χ1) is 6.84. The molecular formula is C11H17ClN2S. The maximum absolute atomic E-state index is 3.50. The summed E-state index contributed by atoms with van der Waals surface area (Å²) in [7, 11) is 0. The Morgan fingerprint density at radius 2 is 2.33 bits per heavy atom. The van der Waals surface area contributed by atoms with Crippen molar-refractivity contribution < 1.29 is 0 Å². The standard InChI is InChI=1S/C11H16N2S.ClH/c1-8-6-9-2-4-13-5-3-12-7-10(13)11(9)14-8;/h6,10,12H,2-5,7H2,1H3;1H. The highest BCUT2D eigenvalue weighted by Crippen LogP contribution is 2.36. The van der Waals surface area contributed by atoms with Gasteiger partial charge >= 0.3 is 0 Å². The van der Waals surface area contributed by atoms with Gasteiger partial charge in [0.05, 0.1) is 6.04 Å². The first-order valence-corrected chi connectivity index (χ1v) is 6.20. The molecule has 1 saturated heterocycles. The van der Waals surface area contributed by atoms with Crippen molar-refractivity contribution in [1.29, 1.82) is 0 Å². The normalized spacial score (nSPS) is 25.3. The van der Waals surface area contributed by atoms with Gasteiger partial charge in [0.15, 0.2) is 0 Å². The zero-order valence-corrected chi connectivity index (χ0v) is 10.6. The van der Waals surface area contributed by atoms with Crippen molar-refractivity contribution in [2.75, 3.05) is 26.2 Å². The summed E-state index contributed by atoms with van der Waals surface area (Å²) in [6.07, 6.45) is 1.26. The van der Waals surface area contributed by atoms with Gasteiger partial charge in [-0.25, -0.2) is 0 Å². The zero-order chi connectivity index (χ0) is 9.54. The molecule has 0 aromatic carbocycles. The lowest BCUT2D eigenvalue weighted by Gasteiger charge is -2.39. The number of rotatable bonds is 0. The molecular weight excluding hydrogens is 228 g/mol. The summed E-state index contributed by atoms with van der Waals surface area (Å²) in [6, 6.07) is 3.05. The van der Waals surface area contributed by atoms with Gasteiger partial charge in [-0.2, -0.15) is 0 Å². The van der Waals surface area contributed by atoms with E-state index < -0.39 is 0 Å². The van der Waals surface area contributed by atoms with E-state index >= 15 is 0 Å². The molecule has 1 fully saturated rings. The average molecular weight is 245 g/mol. The summed E-state index contributed by atoms with van der Waals surface area (Å²) >= 11 is 1.99. The highest BCUT2D eigenvalue weighted by atomic mass is 35.5. The molecule has 0 radical (unpaired) electrons. The lowest BCUT2D eigenvalue weighted by atomic mass is 10.00. The molecule has 0 saturated carbocycles. The molecule has 3 rings (SSSR count). The number of nitrogens with zero attached hydrogens (tertiary/aromatic N) is 1. The predicted octanol–water partition coefficient (Wildman–Crippen LogP) is 1.98.